The molecular weight excluding hydrogens is 482 g/mol. The number of nitrogens with zero attached hydrogens (tertiary/aromatic N) is 2. The van der Waals surface area contributed by atoms with Gasteiger partial charge in [0.1, 0.15) is 17.2 Å². The molecule has 0 saturated carbocycles. The predicted octanol–water partition coefficient (Wildman–Crippen LogP) is 5.18. The Kier molecular flexibility index (Phi) is 8.41. The smallest absolute Gasteiger partial charge is 0.334 e. The fraction of sp³-hybridized carbons (Fsp3) is 0.333. The number of aromatic nitrogens is 2. The number of nitrogens with one attached hydrogen (secondary N) is 1. The molecule has 2 unspecified atom stereocenters. The summed E-state index contributed by atoms with van der Waals surface area (Å²) in [5.41, 5.74) is 4.58. The lowest BCUT2D eigenvalue weighted by Gasteiger charge is -2.20. The van der Waals surface area contributed by atoms with Gasteiger partial charge in [0.15, 0.2) is 5.82 Å². The Morgan fingerprint density at radius 3 is 2.61 bits per heavy atom. The molecule has 2 atom stereocenters. The van der Waals surface area contributed by atoms with E-state index in [4.69, 9.17) is 14.2 Å². The Morgan fingerprint density at radius 2 is 1.87 bits per heavy atom. The third-order valence-corrected chi connectivity index (χ3v) is 6.92. The van der Waals surface area contributed by atoms with Gasteiger partial charge in [0.25, 0.3) is 5.91 Å². The molecule has 4 rings (SSSR count). The minimum Gasteiger partial charge on any atom is -0.497 e. The second-order valence-corrected chi connectivity index (χ2v) is 9.33. The first kappa shape index (κ1) is 26.9. The van der Waals surface area contributed by atoms with Crippen molar-refractivity contribution in [3.05, 3.63) is 76.6 Å². The maximum atomic E-state index is 12.9. The van der Waals surface area contributed by atoms with E-state index in [9.17, 15) is 9.59 Å². The van der Waals surface area contributed by atoms with E-state index in [2.05, 4.69) is 35.2 Å². The predicted molar refractivity (Wildman–Crippen MR) is 145 cm³/mol. The average Bonchev–Trinajstić information content (AvgIpc) is 3.07. The molecule has 0 saturated heterocycles. The highest BCUT2D eigenvalue weighted by molar-refractivity contribution is 5.95. The standard InChI is InChI=1S/C30H33N3O5/c1-6-38-30(35)23-13-18(2)19(3)25-10-8-20(14-22(25)15-23)28-31-12-11-26(33-28)29(34)32-17-21-7-9-24(36-4)16-27(21)37-5/h7-12,14-16,18-19H,6,13,17H2,1-5H3,(H,32,34). The summed E-state index contributed by atoms with van der Waals surface area (Å²) < 4.78 is 15.9. The largest absolute Gasteiger partial charge is 0.497 e. The molecule has 0 spiro atoms. The molecule has 0 radical (unpaired) electrons. The van der Waals surface area contributed by atoms with Crippen LogP contribution in [0.15, 0.2) is 54.2 Å². The lowest BCUT2D eigenvalue weighted by atomic mass is 9.85. The van der Waals surface area contributed by atoms with Crippen molar-refractivity contribution in [1.29, 1.82) is 0 Å². The Bertz CT molecular complexity index is 1370. The highest BCUT2D eigenvalue weighted by atomic mass is 16.5. The van der Waals surface area contributed by atoms with Crippen LogP contribution in [0.4, 0.5) is 0 Å². The molecular formula is C30H33N3O5. The van der Waals surface area contributed by atoms with Crippen molar-refractivity contribution in [3.8, 4) is 22.9 Å². The molecule has 0 bridgehead atoms. The summed E-state index contributed by atoms with van der Waals surface area (Å²) in [6, 6.07) is 13.0. The maximum Gasteiger partial charge on any atom is 0.334 e. The van der Waals surface area contributed by atoms with Crippen LogP contribution in [0.5, 0.6) is 11.5 Å². The third-order valence-electron chi connectivity index (χ3n) is 6.92. The Hall–Kier alpha value is -4.20. The van der Waals surface area contributed by atoms with Crippen LogP contribution in [0.25, 0.3) is 17.5 Å². The van der Waals surface area contributed by atoms with Crippen molar-refractivity contribution < 1.29 is 23.8 Å². The van der Waals surface area contributed by atoms with E-state index in [1.165, 1.54) is 0 Å². The van der Waals surface area contributed by atoms with E-state index in [0.29, 0.717) is 35.9 Å². The normalized spacial score (nSPS) is 16.5. The monoisotopic (exact) mass is 515 g/mol. The second-order valence-electron chi connectivity index (χ2n) is 9.33. The van der Waals surface area contributed by atoms with Gasteiger partial charge in [0.05, 0.1) is 20.8 Å². The van der Waals surface area contributed by atoms with Crippen LogP contribution in [0.2, 0.25) is 0 Å². The molecule has 0 fully saturated rings. The topological polar surface area (TPSA) is 99.6 Å². The van der Waals surface area contributed by atoms with Gasteiger partial charge in [-0.1, -0.05) is 26.0 Å². The van der Waals surface area contributed by atoms with Crippen molar-refractivity contribution in [2.75, 3.05) is 20.8 Å². The molecule has 2 aromatic carbocycles. The molecule has 1 aliphatic rings. The number of hydrogen-bond acceptors (Lipinski definition) is 7. The van der Waals surface area contributed by atoms with Crippen LogP contribution in [0, 0.1) is 5.92 Å². The first-order valence-corrected chi connectivity index (χ1v) is 12.7. The summed E-state index contributed by atoms with van der Waals surface area (Å²) in [5, 5.41) is 2.89. The van der Waals surface area contributed by atoms with E-state index < -0.39 is 0 Å². The zero-order valence-corrected chi connectivity index (χ0v) is 22.4. The number of methoxy groups -OCH3 is 2. The summed E-state index contributed by atoms with van der Waals surface area (Å²) in [5.74, 6) is 1.66. The molecule has 198 valence electrons. The SMILES string of the molecule is CCOC(=O)C1=Cc2cc(-c3nccc(C(=O)NCc4ccc(OC)cc4OC)n3)ccc2C(C)C(C)C1. The fourth-order valence-electron chi connectivity index (χ4n) is 4.58. The van der Waals surface area contributed by atoms with E-state index in [-0.39, 0.29) is 36.0 Å². The third kappa shape index (κ3) is 5.85. The van der Waals surface area contributed by atoms with Gasteiger partial charge in [-0.25, -0.2) is 14.8 Å². The first-order valence-electron chi connectivity index (χ1n) is 12.7. The fourth-order valence-corrected chi connectivity index (χ4v) is 4.58. The maximum absolute atomic E-state index is 12.9. The molecule has 1 aromatic heterocycles. The Balaban J connectivity index is 1.58. The molecule has 3 aromatic rings. The number of fused-ring (bicyclic) bond motifs is 1. The number of rotatable bonds is 8. The number of carbonyl (C=O) groups excluding carboxylic acids is 2. The van der Waals surface area contributed by atoms with Crippen molar-refractivity contribution in [2.24, 2.45) is 5.92 Å². The number of hydrogen-bond donors (Lipinski definition) is 1. The van der Waals surface area contributed by atoms with Crippen LogP contribution in [0.3, 0.4) is 0 Å². The summed E-state index contributed by atoms with van der Waals surface area (Å²) in [6.07, 6.45) is 4.13. The molecule has 0 aliphatic heterocycles. The van der Waals surface area contributed by atoms with Gasteiger partial charge in [-0.15, -0.1) is 0 Å². The summed E-state index contributed by atoms with van der Waals surface area (Å²) in [6.45, 7) is 6.72. The first-order chi connectivity index (χ1) is 18.3. The van der Waals surface area contributed by atoms with Crippen LogP contribution < -0.4 is 14.8 Å². The lowest BCUT2D eigenvalue weighted by Crippen LogP contribution is -2.24. The average molecular weight is 516 g/mol. The van der Waals surface area contributed by atoms with Gasteiger partial charge in [-0.3, -0.25) is 4.79 Å². The van der Waals surface area contributed by atoms with Crippen LogP contribution >= 0.6 is 0 Å². The quantitative estimate of drug-likeness (QED) is 0.413. The van der Waals surface area contributed by atoms with Crippen LogP contribution in [0.1, 0.15) is 60.3 Å². The lowest BCUT2D eigenvalue weighted by molar-refractivity contribution is -0.138. The molecule has 38 heavy (non-hydrogen) atoms. The number of carbonyl (C=O) groups is 2. The van der Waals surface area contributed by atoms with Gasteiger partial charge in [0.2, 0.25) is 0 Å². The highest BCUT2D eigenvalue weighted by Crippen LogP contribution is 2.37. The molecule has 8 nitrogen and oxygen atoms in total. The van der Waals surface area contributed by atoms with E-state index in [0.717, 1.165) is 22.3 Å². The minimum absolute atomic E-state index is 0.252. The molecule has 1 N–H and O–H groups in total. The zero-order valence-electron chi connectivity index (χ0n) is 22.4. The van der Waals surface area contributed by atoms with Crippen molar-refractivity contribution in [3.63, 3.8) is 0 Å². The van der Waals surface area contributed by atoms with Crippen LogP contribution in [-0.2, 0) is 16.1 Å². The molecule has 1 aliphatic carbocycles. The van der Waals surface area contributed by atoms with Gasteiger partial charge < -0.3 is 19.5 Å². The number of benzene rings is 2. The minimum atomic E-state index is -0.326. The van der Waals surface area contributed by atoms with Gasteiger partial charge in [-0.2, -0.15) is 0 Å². The van der Waals surface area contributed by atoms with E-state index >= 15 is 0 Å². The van der Waals surface area contributed by atoms with Gasteiger partial charge in [0, 0.05) is 35.5 Å². The Labute approximate surface area is 223 Å². The summed E-state index contributed by atoms with van der Waals surface area (Å²) in [4.78, 5) is 34.4. The number of amides is 1. The van der Waals surface area contributed by atoms with Crippen molar-refractivity contribution in [2.45, 2.75) is 39.7 Å². The highest BCUT2D eigenvalue weighted by Gasteiger charge is 2.26. The molecule has 1 heterocycles. The van der Waals surface area contributed by atoms with Crippen molar-refractivity contribution in [1.82, 2.24) is 15.3 Å². The van der Waals surface area contributed by atoms with Gasteiger partial charge in [-0.05, 0) is 66.6 Å². The molecule has 8 heteroatoms. The van der Waals surface area contributed by atoms with Crippen LogP contribution in [-0.4, -0.2) is 42.7 Å². The summed E-state index contributed by atoms with van der Waals surface area (Å²) >= 11 is 0. The van der Waals surface area contributed by atoms with E-state index in [1.54, 1.807) is 39.5 Å². The Morgan fingerprint density at radius 1 is 1.05 bits per heavy atom. The second kappa shape index (κ2) is 11.9. The number of esters is 1. The van der Waals surface area contributed by atoms with Gasteiger partial charge >= 0.3 is 5.97 Å². The van der Waals surface area contributed by atoms with E-state index in [1.807, 2.05) is 30.3 Å². The number of ether oxygens (including phenoxy) is 3. The summed E-state index contributed by atoms with van der Waals surface area (Å²) in [7, 11) is 3.16. The molecule has 1 amide bonds. The van der Waals surface area contributed by atoms with Crippen molar-refractivity contribution >= 4 is 18.0 Å². The zero-order chi connectivity index (χ0) is 27.2.